The van der Waals surface area contributed by atoms with E-state index in [1.165, 1.54) is 22.0 Å². The topological polar surface area (TPSA) is 189 Å². The molecule has 1 aliphatic rings. The molecule has 1 aliphatic heterocycles. The van der Waals surface area contributed by atoms with Crippen molar-refractivity contribution in [3.8, 4) is 11.5 Å². The Morgan fingerprint density at radius 2 is 2.10 bits per heavy atom. The van der Waals surface area contributed by atoms with E-state index in [0.717, 1.165) is 0 Å². The van der Waals surface area contributed by atoms with Crippen molar-refractivity contribution in [2.45, 2.75) is 24.5 Å². The van der Waals surface area contributed by atoms with Gasteiger partial charge in [-0.2, -0.15) is 5.10 Å². The zero-order valence-corrected chi connectivity index (χ0v) is 15.6. The van der Waals surface area contributed by atoms with E-state index in [2.05, 4.69) is 25.1 Å². The third-order valence-electron chi connectivity index (χ3n) is 4.74. The molecule has 0 aromatic carbocycles. The quantitative estimate of drug-likeness (QED) is 0.329. The van der Waals surface area contributed by atoms with Gasteiger partial charge < -0.3 is 30.7 Å². The van der Waals surface area contributed by atoms with Crippen LogP contribution in [0.3, 0.4) is 0 Å². The number of fused-ring (bicyclic) bond motifs is 1. The lowest BCUT2D eigenvalue weighted by Gasteiger charge is -2.16. The first-order chi connectivity index (χ1) is 13.8. The number of carbonyl (C=O) groups is 1. The lowest BCUT2D eigenvalue weighted by atomic mass is 10.1. The first-order valence-corrected chi connectivity index (χ1v) is 8.71. The zero-order chi connectivity index (χ0) is 20.9. The number of rotatable bonds is 4. The SMILES string of the molecule is CN(C)C(=O)c1cn[nH]c1-c1nc(N)c2ncn([C@@H]3O[C@H](CO)[C@@H](O)[C@H]3O)c2n1. The molecule has 13 heteroatoms. The second-order valence-corrected chi connectivity index (χ2v) is 6.84. The predicted octanol–water partition coefficient (Wildman–Crippen LogP) is -1.89. The molecule has 154 valence electrons. The molecule has 6 N–H and O–H groups in total. The third-order valence-corrected chi connectivity index (χ3v) is 4.74. The number of hydrogen-bond donors (Lipinski definition) is 5. The molecule has 3 aromatic rings. The van der Waals surface area contributed by atoms with Gasteiger partial charge in [0, 0.05) is 14.1 Å². The minimum Gasteiger partial charge on any atom is -0.394 e. The highest BCUT2D eigenvalue weighted by Gasteiger charge is 2.44. The number of nitrogen functional groups attached to an aromatic ring is 1. The molecule has 1 amide bonds. The van der Waals surface area contributed by atoms with Crippen LogP contribution < -0.4 is 5.73 Å². The number of aromatic nitrogens is 6. The van der Waals surface area contributed by atoms with Gasteiger partial charge in [-0.25, -0.2) is 15.0 Å². The number of nitrogens with zero attached hydrogens (tertiary/aromatic N) is 6. The maximum atomic E-state index is 12.4. The van der Waals surface area contributed by atoms with E-state index in [4.69, 9.17) is 10.5 Å². The average Bonchev–Trinajstić information content (AvgIpc) is 3.40. The molecule has 29 heavy (non-hydrogen) atoms. The van der Waals surface area contributed by atoms with Crippen LogP contribution in [0.4, 0.5) is 5.82 Å². The molecule has 3 aromatic heterocycles. The molecule has 0 bridgehead atoms. The molecule has 1 saturated heterocycles. The van der Waals surface area contributed by atoms with E-state index < -0.39 is 31.1 Å². The largest absolute Gasteiger partial charge is 0.394 e. The van der Waals surface area contributed by atoms with Gasteiger partial charge in [0.1, 0.15) is 29.5 Å². The number of nitrogens with two attached hydrogens (primary N) is 1. The number of anilines is 1. The molecule has 4 atom stereocenters. The van der Waals surface area contributed by atoms with Crippen molar-refractivity contribution in [2.75, 3.05) is 26.4 Å². The highest BCUT2D eigenvalue weighted by Crippen LogP contribution is 2.32. The van der Waals surface area contributed by atoms with Crippen LogP contribution in [0.15, 0.2) is 12.5 Å². The summed E-state index contributed by atoms with van der Waals surface area (Å²) in [5.74, 6) is -0.146. The Bertz CT molecular complexity index is 1060. The van der Waals surface area contributed by atoms with Crippen LogP contribution in [0, 0.1) is 0 Å². The highest BCUT2D eigenvalue weighted by molar-refractivity contribution is 5.99. The number of amides is 1. The van der Waals surface area contributed by atoms with Crippen LogP contribution in [-0.4, -0.2) is 94.9 Å². The van der Waals surface area contributed by atoms with Crippen LogP contribution in [0.5, 0.6) is 0 Å². The summed E-state index contributed by atoms with van der Waals surface area (Å²) in [5, 5.41) is 36.3. The van der Waals surface area contributed by atoms with Crippen LogP contribution in [0.25, 0.3) is 22.7 Å². The van der Waals surface area contributed by atoms with Crippen molar-refractivity contribution >= 4 is 22.9 Å². The second kappa shape index (κ2) is 7.04. The Balaban J connectivity index is 1.82. The van der Waals surface area contributed by atoms with Crippen molar-refractivity contribution < 1.29 is 24.9 Å². The Morgan fingerprint density at radius 1 is 1.34 bits per heavy atom. The summed E-state index contributed by atoms with van der Waals surface area (Å²) < 4.78 is 6.94. The predicted molar refractivity (Wildman–Crippen MR) is 98.3 cm³/mol. The number of H-pyrrole nitrogens is 1. The molecule has 4 heterocycles. The molecular formula is C16H20N8O5. The summed E-state index contributed by atoms with van der Waals surface area (Å²) in [4.78, 5) is 26.6. The van der Waals surface area contributed by atoms with Crippen molar-refractivity contribution in [1.29, 1.82) is 0 Å². The maximum absolute atomic E-state index is 12.4. The standard InChI is InChI=1S/C16H20N8O5/c1-23(2)15(28)6-3-19-22-8(6)13-20-12(17)9-14(21-13)24(5-18-9)16-11(27)10(26)7(4-25)29-16/h3,5,7,10-11,16,25-27H,4H2,1-2H3,(H,19,22)(H2,17,20,21)/t7-,10-,11-,16-/m1/s1. The molecule has 0 spiro atoms. The van der Waals surface area contributed by atoms with Crippen molar-refractivity contribution in [3.05, 3.63) is 18.1 Å². The Hall–Kier alpha value is -3.13. The number of aliphatic hydroxyl groups is 3. The van der Waals surface area contributed by atoms with E-state index in [1.807, 2.05) is 0 Å². The lowest BCUT2D eigenvalue weighted by molar-refractivity contribution is -0.0511. The lowest BCUT2D eigenvalue weighted by Crippen LogP contribution is -2.33. The van der Waals surface area contributed by atoms with E-state index in [9.17, 15) is 20.1 Å². The number of aromatic amines is 1. The van der Waals surface area contributed by atoms with E-state index in [1.54, 1.807) is 14.1 Å². The van der Waals surface area contributed by atoms with Crippen LogP contribution in [-0.2, 0) is 4.74 Å². The summed E-state index contributed by atoms with van der Waals surface area (Å²) >= 11 is 0. The van der Waals surface area contributed by atoms with E-state index >= 15 is 0 Å². The Morgan fingerprint density at radius 3 is 2.76 bits per heavy atom. The van der Waals surface area contributed by atoms with Gasteiger partial charge in [0.05, 0.1) is 24.7 Å². The first kappa shape index (κ1) is 19.2. The summed E-state index contributed by atoms with van der Waals surface area (Å²) in [6, 6.07) is 0. The molecule has 0 radical (unpaired) electrons. The number of nitrogens with one attached hydrogen (secondary N) is 1. The smallest absolute Gasteiger partial charge is 0.257 e. The molecule has 0 unspecified atom stereocenters. The molecule has 0 saturated carbocycles. The van der Waals surface area contributed by atoms with Gasteiger partial charge in [0.2, 0.25) is 0 Å². The number of ether oxygens (including phenoxy) is 1. The Kier molecular flexibility index (Phi) is 4.66. The van der Waals surface area contributed by atoms with Gasteiger partial charge in [-0.3, -0.25) is 14.5 Å². The molecule has 4 rings (SSSR count). The van der Waals surface area contributed by atoms with Gasteiger partial charge in [-0.05, 0) is 0 Å². The number of carbonyl (C=O) groups excluding carboxylic acids is 1. The summed E-state index contributed by atoms with van der Waals surface area (Å²) in [6.07, 6.45) is -1.88. The van der Waals surface area contributed by atoms with Crippen molar-refractivity contribution in [2.24, 2.45) is 0 Å². The average molecular weight is 404 g/mol. The van der Waals surface area contributed by atoms with Crippen molar-refractivity contribution in [1.82, 2.24) is 34.6 Å². The van der Waals surface area contributed by atoms with Crippen LogP contribution >= 0.6 is 0 Å². The number of hydrogen-bond acceptors (Lipinski definition) is 10. The maximum Gasteiger partial charge on any atom is 0.257 e. The van der Waals surface area contributed by atoms with Crippen LogP contribution in [0.1, 0.15) is 16.6 Å². The van der Waals surface area contributed by atoms with Gasteiger partial charge in [0.15, 0.2) is 23.5 Å². The molecule has 0 aliphatic carbocycles. The monoisotopic (exact) mass is 404 g/mol. The zero-order valence-electron chi connectivity index (χ0n) is 15.6. The second-order valence-electron chi connectivity index (χ2n) is 6.84. The summed E-state index contributed by atoms with van der Waals surface area (Å²) in [5.41, 5.74) is 7.03. The number of imidazole rings is 1. The van der Waals surface area contributed by atoms with Gasteiger partial charge in [0.25, 0.3) is 5.91 Å². The van der Waals surface area contributed by atoms with Gasteiger partial charge in [-0.1, -0.05) is 0 Å². The third kappa shape index (κ3) is 3.00. The van der Waals surface area contributed by atoms with Gasteiger partial charge >= 0.3 is 0 Å². The fraction of sp³-hybridized carbons (Fsp3) is 0.438. The first-order valence-electron chi connectivity index (χ1n) is 8.71. The molecular weight excluding hydrogens is 384 g/mol. The minimum absolute atomic E-state index is 0.0494. The number of aliphatic hydroxyl groups excluding tert-OH is 3. The molecule has 1 fully saturated rings. The highest BCUT2D eigenvalue weighted by atomic mass is 16.6. The van der Waals surface area contributed by atoms with Gasteiger partial charge in [-0.15, -0.1) is 0 Å². The fourth-order valence-corrected chi connectivity index (χ4v) is 3.21. The van der Waals surface area contributed by atoms with Crippen LogP contribution in [0.2, 0.25) is 0 Å². The van der Waals surface area contributed by atoms with E-state index in [-0.39, 0.29) is 40.0 Å². The normalized spacial score (nSPS) is 24.3. The summed E-state index contributed by atoms with van der Waals surface area (Å²) in [7, 11) is 3.21. The molecule has 13 nitrogen and oxygen atoms in total. The van der Waals surface area contributed by atoms with E-state index in [0.29, 0.717) is 0 Å². The fourth-order valence-electron chi connectivity index (χ4n) is 3.21. The summed E-state index contributed by atoms with van der Waals surface area (Å²) in [6.45, 7) is -0.464. The minimum atomic E-state index is -1.32. The van der Waals surface area contributed by atoms with Crippen molar-refractivity contribution in [3.63, 3.8) is 0 Å². The Labute approximate surface area is 163 Å².